The number of hydrogen-bond acceptors (Lipinski definition) is 5. The van der Waals surface area contributed by atoms with Crippen LogP contribution in [0.15, 0.2) is 36.4 Å². The number of halogens is 2. The minimum Gasteiger partial charge on any atom is -0.465 e. The van der Waals surface area contributed by atoms with E-state index in [9.17, 15) is 18.0 Å². The molecule has 1 fully saturated rings. The molecule has 1 saturated heterocycles. The van der Waals surface area contributed by atoms with Gasteiger partial charge in [-0.15, -0.1) is 0 Å². The maximum absolute atomic E-state index is 13.0. The molecular formula is C22H24Cl2N2O5S. The van der Waals surface area contributed by atoms with Crippen molar-refractivity contribution in [3.8, 4) is 0 Å². The first-order chi connectivity index (χ1) is 15.1. The number of sulfonamides is 1. The van der Waals surface area contributed by atoms with Crippen LogP contribution in [0.1, 0.15) is 34.3 Å². The van der Waals surface area contributed by atoms with Gasteiger partial charge >= 0.3 is 5.97 Å². The molecule has 3 rings (SSSR count). The van der Waals surface area contributed by atoms with Gasteiger partial charge in [0.2, 0.25) is 15.9 Å². The van der Waals surface area contributed by atoms with Crippen LogP contribution in [-0.4, -0.2) is 44.8 Å². The standard InChI is InChI=1S/C22H24Cl2N2O5S/c1-14-5-7-16(22(28)31-2)11-20(14)25-21(27)17-4-3-9-26(12-17)32(29,30)13-15-6-8-18(23)19(24)10-15/h5-8,10-11,17H,3-4,9,12-13H2,1-2H3,(H,25,27)/t17-/m0/s1. The number of benzene rings is 2. The summed E-state index contributed by atoms with van der Waals surface area (Å²) in [6.07, 6.45) is 1.14. The van der Waals surface area contributed by atoms with Crippen LogP contribution in [0.5, 0.6) is 0 Å². The van der Waals surface area contributed by atoms with E-state index in [1.165, 1.54) is 17.5 Å². The van der Waals surface area contributed by atoms with E-state index >= 15 is 0 Å². The molecule has 0 radical (unpaired) electrons. The lowest BCUT2D eigenvalue weighted by atomic mass is 9.98. The van der Waals surface area contributed by atoms with E-state index in [1.807, 2.05) is 6.92 Å². The Labute approximate surface area is 197 Å². The highest BCUT2D eigenvalue weighted by Gasteiger charge is 2.32. The van der Waals surface area contributed by atoms with Crippen molar-refractivity contribution in [1.82, 2.24) is 4.31 Å². The van der Waals surface area contributed by atoms with Gasteiger partial charge in [0.1, 0.15) is 0 Å². The first kappa shape index (κ1) is 24.5. The number of methoxy groups -OCH3 is 1. The van der Waals surface area contributed by atoms with Crippen molar-refractivity contribution in [1.29, 1.82) is 0 Å². The largest absolute Gasteiger partial charge is 0.465 e. The molecule has 2 aromatic rings. The van der Waals surface area contributed by atoms with Crippen molar-refractivity contribution in [3.05, 3.63) is 63.1 Å². The summed E-state index contributed by atoms with van der Waals surface area (Å²) in [6.45, 7) is 2.25. The lowest BCUT2D eigenvalue weighted by Gasteiger charge is -2.31. The molecule has 1 aliphatic heterocycles. The third kappa shape index (κ3) is 5.81. The van der Waals surface area contributed by atoms with E-state index < -0.39 is 21.9 Å². The molecule has 0 bridgehead atoms. The number of esters is 1. The van der Waals surface area contributed by atoms with Crippen molar-refractivity contribution in [2.75, 3.05) is 25.5 Å². The topological polar surface area (TPSA) is 92.8 Å². The Morgan fingerprint density at radius 1 is 1.16 bits per heavy atom. The minimum absolute atomic E-state index is 0.0885. The summed E-state index contributed by atoms with van der Waals surface area (Å²) in [4.78, 5) is 24.7. The highest BCUT2D eigenvalue weighted by Crippen LogP contribution is 2.27. The number of hydrogen-bond donors (Lipinski definition) is 1. The molecule has 32 heavy (non-hydrogen) atoms. The zero-order valence-corrected chi connectivity index (χ0v) is 20.1. The molecule has 1 aliphatic rings. The summed E-state index contributed by atoms with van der Waals surface area (Å²) in [5.41, 5.74) is 2.13. The second-order valence-electron chi connectivity index (χ2n) is 7.71. The fourth-order valence-corrected chi connectivity index (χ4v) is 5.50. The normalized spacial score (nSPS) is 17.1. The molecule has 10 heteroatoms. The number of nitrogens with zero attached hydrogens (tertiary/aromatic N) is 1. The lowest BCUT2D eigenvalue weighted by molar-refractivity contribution is -0.120. The van der Waals surface area contributed by atoms with Gasteiger partial charge in [-0.1, -0.05) is 35.3 Å². The lowest BCUT2D eigenvalue weighted by Crippen LogP contribution is -2.44. The average Bonchev–Trinajstić information content (AvgIpc) is 2.77. The van der Waals surface area contributed by atoms with Gasteiger partial charge < -0.3 is 10.1 Å². The smallest absolute Gasteiger partial charge is 0.337 e. The summed E-state index contributed by atoms with van der Waals surface area (Å²) in [7, 11) is -2.36. The van der Waals surface area contributed by atoms with E-state index in [4.69, 9.17) is 27.9 Å². The summed E-state index contributed by atoms with van der Waals surface area (Å²) >= 11 is 11.9. The molecule has 0 unspecified atom stereocenters. The summed E-state index contributed by atoms with van der Waals surface area (Å²) in [5, 5.41) is 3.48. The van der Waals surface area contributed by atoms with Crippen molar-refractivity contribution in [2.24, 2.45) is 5.92 Å². The van der Waals surface area contributed by atoms with E-state index in [2.05, 4.69) is 5.32 Å². The zero-order chi connectivity index (χ0) is 23.5. The van der Waals surface area contributed by atoms with Gasteiger partial charge in [-0.3, -0.25) is 4.79 Å². The number of anilines is 1. The summed E-state index contributed by atoms with van der Waals surface area (Å²) in [5.74, 6) is -1.52. The fraction of sp³-hybridized carbons (Fsp3) is 0.364. The zero-order valence-electron chi connectivity index (χ0n) is 17.7. The van der Waals surface area contributed by atoms with Gasteiger partial charge in [0.15, 0.2) is 0 Å². The molecule has 0 aliphatic carbocycles. The van der Waals surface area contributed by atoms with Crippen LogP contribution in [0.4, 0.5) is 5.69 Å². The molecule has 0 spiro atoms. The fourth-order valence-electron chi connectivity index (χ4n) is 3.58. The van der Waals surface area contributed by atoms with Gasteiger partial charge in [0.05, 0.1) is 34.4 Å². The summed E-state index contributed by atoms with van der Waals surface area (Å²) < 4.78 is 32.0. The van der Waals surface area contributed by atoms with E-state index in [-0.39, 0.29) is 18.2 Å². The molecule has 1 amide bonds. The first-order valence-electron chi connectivity index (χ1n) is 10.0. The number of carbonyl (C=O) groups excluding carboxylic acids is 2. The highest BCUT2D eigenvalue weighted by molar-refractivity contribution is 7.88. The highest BCUT2D eigenvalue weighted by atomic mass is 35.5. The van der Waals surface area contributed by atoms with E-state index in [0.717, 1.165) is 5.56 Å². The molecule has 172 valence electrons. The van der Waals surface area contributed by atoms with Gasteiger partial charge in [-0.2, -0.15) is 0 Å². The molecule has 0 saturated carbocycles. The molecule has 1 N–H and O–H groups in total. The second kappa shape index (κ2) is 10.2. The molecular weight excluding hydrogens is 475 g/mol. The van der Waals surface area contributed by atoms with Crippen LogP contribution in [0, 0.1) is 12.8 Å². The Morgan fingerprint density at radius 3 is 2.59 bits per heavy atom. The van der Waals surface area contributed by atoms with Crippen LogP contribution in [0.25, 0.3) is 0 Å². The van der Waals surface area contributed by atoms with Crippen LogP contribution in [0.3, 0.4) is 0 Å². The molecule has 2 aromatic carbocycles. The van der Waals surface area contributed by atoms with Gasteiger partial charge in [0.25, 0.3) is 0 Å². The van der Waals surface area contributed by atoms with E-state index in [1.54, 1.807) is 30.3 Å². The summed E-state index contributed by atoms with van der Waals surface area (Å²) in [6, 6.07) is 9.61. The van der Waals surface area contributed by atoms with Gasteiger partial charge in [-0.05, 0) is 55.2 Å². The predicted molar refractivity (Wildman–Crippen MR) is 125 cm³/mol. The van der Waals surface area contributed by atoms with Crippen LogP contribution >= 0.6 is 23.2 Å². The van der Waals surface area contributed by atoms with Gasteiger partial charge in [0, 0.05) is 18.8 Å². The molecule has 1 heterocycles. The van der Waals surface area contributed by atoms with Crippen molar-refractivity contribution in [3.63, 3.8) is 0 Å². The number of piperidine rings is 1. The van der Waals surface area contributed by atoms with Crippen LogP contribution in [0.2, 0.25) is 10.0 Å². The monoisotopic (exact) mass is 498 g/mol. The molecule has 0 aromatic heterocycles. The maximum Gasteiger partial charge on any atom is 0.337 e. The first-order valence-corrected chi connectivity index (χ1v) is 12.4. The Kier molecular flexibility index (Phi) is 7.82. The SMILES string of the molecule is COC(=O)c1ccc(C)c(NC(=O)[C@H]2CCCN(S(=O)(=O)Cc3ccc(Cl)c(Cl)c3)C2)c1. The quantitative estimate of drug-likeness (QED) is 0.600. The van der Waals surface area contributed by atoms with Crippen molar-refractivity contribution < 1.29 is 22.7 Å². The minimum atomic E-state index is -3.64. The Morgan fingerprint density at radius 2 is 1.91 bits per heavy atom. The number of nitrogens with one attached hydrogen (secondary N) is 1. The maximum atomic E-state index is 13.0. The number of carbonyl (C=O) groups is 2. The molecule has 7 nitrogen and oxygen atoms in total. The van der Waals surface area contributed by atoms with Crippen molar-refractivity contribution >= 4 is 50.8 Å². The molecule has 1 atom stereocenters. The Bertz CT molecular complexity index is 1140. The number of rotatable bonds is 6. The Balaban J connectivity index is 1.70. The second-order valence-corrected chi connectivity index (χ2v) is 10.5. The van der Waals surface area contributed by atoms with Gasteiger partial charge in [-0.25, -0.2) is 17.5 Å². The average molecular weight is 499 g/mol. The third-order valence-electron chi connectivity index (χ3n) is 5.40. The number of ether oxygens (including phenoxy) is 1. The number of aryl methyl sites for hydroxylation is 1. The van der Waals surface area contributed by atoms with Crippen molar-refractivity contribution in [2.45, 2.75) is 25.5 Å². The Hall–Kier alpha value is -2.13. The number of amides is 1. The predicted octanol–water partition coefficient (Wildman–Crippen LogP) is 4.27. The third-order valence-corrected chi connectivity index (χ3v) is 7.95. The van der Waals surface area contributed by atoms with Crippen LogP contribution in [-0.2, 0) is 25.3 Å². The van der Waals surface area contributed by atoms with Crippen LogP contribution < -0.4 is 5.32 Å². The van der Waals surface area contributed by atoms with E-state index in [0.29, 0.717) is 46.2 Å².